The van der Waals surface area contributed by atoms with Gasteiger partial charge in [-0.05, 0) is 103 Å². The van der Waals surface area contributed by atoms with Crippen molar-refractivity contribution in [3.05, 3.63) is 60.8 Å². The van der Waals surface area contributed by atoms with E-state index >= 15 is 0 Å². The number of hydrogen-bond donors (Lipinski definition) is 0. The molecule has 1 atom stereocenters. The maximum Gasteiger partial charge on any atom is 0.306 e. The van der Waals surface area contributed by atoms with Crippen molar-refractivity contribution >= 4 is 11.9 Å². The van der Waals surface area contributed by atoms with Crippen molar-refractivity contribution in [2.24, 2.45) is 0 Å². The Morgan fingerprint density at radius 3 is 1.11 bits per heavy atom. The number of carbonyl (C=O) groups excluding carboxylic acids is 2. The van der Waals surface area contributed by atoms with Gasteiger partial charge in [0.15, 0.2) is 6.10 Å². The van der Waals surface area contributed by atoms with Crippen molar-refractivity contribution in [2.75, 3.05) is 19.8 Å². The van der Waals surface area contributed by atoms with E-state index in [0.29, 0.717) is 19.4 Å². The van der Waals surface area contributed by atoms with Gasteiger partial charge >= 0.3 is 11.9 Å². The summed E-state index contributed by atoms with van der Waals surface area (Å²) in [6, 6.07) is 0. The van der Waals surface area contributed by atoms with E-state index in [1.165, 1.54) is 193 Å². The van der Waals surface area contributed by atoms with Crippen LogP contribution in [0.15, 0.2) is 60.8 Å². The highest BCUT2D eigenvalue weighted by molar-refractivity contribution is 5.70. The highest BCUT2D eigenvalue weighted by Crippen LogP contribution is 2.15. The number of ether oxygens (including phenoxy) is 3. The van der Waals surface area contributed by atoms with E-state index in [1.807, 2.05) is 0 Å². The van der Waals surface area contributed by atoms with E-state index < -0.39 is 6.10 Å². The number of hydrogen-bond acceptors (Lipinski definition) is 5. The summed E-state index contributed by atoms with van der Waals surface area (Å²) in [5, 5.41) is 0. The average Bonchev–Trinajstić information content (AvgIpc) is 3.32. The first kappa shape index (κ1) is 63.6. The van der Waals surface area contributed by atoms with Gasteiger partial charge in [-0.3, -0.25) is 9.59 Å². The van der Waals surface area contributed by atoms with E-state index in [1.54, 1.807) is 0 Å². The minimum absolute atomic E-state index is 0.0774. The molecule has 0 amide bonds. The Hall–Kier alpha value is -2.40. The molecule has 0 saturated heterocycles. The first-order valence-electron chi connectivity index (χ1n) is 28.8. The lowest BCUT2D eigenvalue weighted by Crippen LogP contribution is -2.30. The van der Waals surface area contributed by atoms with Gasteiger partial charge in [-0.15, -0.1) is 0 Å². The normalized spacial score (nSPS) is 12.6. The van der Waals surface area contributed by atoms with Gasteiger partial charge < -0.3 is 14.2 Å². The average molecular weight is 924 g/mol. The molecule has 0 aromatic heterocycles. The second-order valence-electron chi connectivity index (χ2n) is 19.2. The molecule has 0 heterocycles. The molecule has 0 aromatic carbocycles. The lowest BCUT2D eigenvalue weighted by molar-refractivity contribution is -0.163. The molecular weight excluding hydrogens is 813 g/mol. The fourth-order valence-corrected chi connectivity index (χ4v) is 8.14. The first-order chi connectivity index (χ1) is 32.6. The van der Waals surface area contributed by atoms with Crippen LogP contribution in [0.3, 0.4) is 0 Å². The van der Waals surface area contributed by atoms with Crippen LogP contribution in [0, 0.1) is 0 Å². The lowest BCUT2D eigenvalue weighted by Gasteiger charge is -2.18. The summed E-state index contributed by atoms with van der Waals surface area (Å²) in [6.45, 7) is 7.76. The standard InChI is InChI=1S/C61H110O5/c1-4-7-10-13-16-19-22-24-26-28-30-32-34-36-38-41-44-47-50-53-56-64-57-59(66-61(63)55-52-49-46-43-39-21-18-15-12-9-6-3)58-65-60(62)54-51-48-45-42-40-37-35-33-31-29-27-25-23-20-17-14-11-8-5-2/h15-16,18-19,24-27,30,32,59H,4-14,17,20-23,28-29,31,33-58H2,1-3H3/b18-15-,19-16-,26-24-,27-25-,32-30-. The van der Waals surface area contributed by atoms with Gasteiger partial charge in [-0.25, -0.2) is 0 Å². The topological polar surface area (TPSA) is 61.8 Å². The Morgan fingerprint density at radius 1 is 0.333 bits per heavy atom. The fraction of sp³-hybridized carbons (Fsp3) is 0.803. The Kier molecular flexibility index (Phi) is 54.9. The zero-order valence-corrected chi connectivity index (χ0v) is 44.2. The molecular formula is C61H110O5. The summed E-state index contributed by atoms with van der Waals surface area (Å²) in [7, 11) is 0. The lowest BCUT2D eigenvalue weighted by atomic mass is 10.1. The van der Waals surface area contributed by atoms with Gasteiger partial charge in [-0.1, -0.05) is 236 Å². The van der Waals surface area contributed by atoms with Crippen LogP contribution in [-0.2, 0) is 23.8 Å². The molecule has 0 rings (SSSR count). The van der Waals surface area contributed by atoms with Gasteiger partial charge in [0, 0.05) is 19.4 Å². The molecule has 0 radical (unpaired) electrons. The van der Waals surface area contributed by atoms with Crippen molar-refractivity contribution < 1.29 is 23.8 Å². The van der Waals surface area contributed by atoms with Gasteiger partial charge in [0.1, 0.15) is 6.61 Å². The summed E-state index contributed by atoms with van der Waals surface area (Å²) in [5.74, 6) is -0.407. The van der Waals surface area contributed by atoms with Crippen LogP contribution in [0.25, 0.3) is 0 Å². The molecule has 0 aliphatic rings. The third-order valence-electron chi connectivity index (χ3n) is 12.5. The zero-order chi connectivity index (χ0) is 47.7. The maximum absolute atomic E-state index is 12.8. The Balaban J connectivity index is 4.21. The summed E-state index contributed by atoms with van der Waals surface area (Å²) >= 11 is 0. The van der Waals surface area contributed by atoms with Crippen LogP contribution in [0.2, 0.25) is 0 Å². The number of carbonyl (C=O) groups is 2. The summed E-state index contributed by atoms with van der Waals surface area (Å²) in [6.07, 6.45) is 72.4. The molecule has 0 spiro atoms. The van der Waals surface area contributed by atoms with Gasteiger partial charge in [0.05, 0.1) is 6.61 Å². The summed E-state index contributed by atoms with van der Waals surface area (Å²) in [4.78, 5) is 25.5. The number of rotatable bonds is 53. The van der Waals surface area contributed by atoms with E-state index in [0.717, 1.165) is 64.2 Å². The van der Waals surface area contributed by atoms with Gasteiger partial charge in [0.25, 0.3) is 0 Å². The largest absolute Gasteiger partial charge is 0.462 e. The molecule has 384 valence electrons. The molecule has 0 aliphatic carbocycles. The molecule has 0 bridgehead atoms. The maximum atomic E-state index is 12.8. The van der Waals surface area contributed by atoms with Crippen LogP contribution >= 0.6 is 0 Å². The third kappa shape index (κ3) is 54.2. The molecule has 66 heavy (non-hydrogen) atoms. The molecule has 0 aliphatic heterocycles. The number of unbranched alkanes of at least 4 members (excludes halogenated alkanes) is 32. The molecule has 5 nitrogen and oxygen atoms in total. The molecule has 5 heteroatoms. The van der Waals surface area contributed by atoms with Crippen LogP contribution in [-0.4, -0.2) is 37.9 Å². The predicted octanol–water partition coefficient (Wildman–Crippen LogP) is 19.7. The van der Waals surface area contributed by atoms with Crippen molar-refractivity contribution in [1.82, 2.24) is 0 Å². The van der Waals surface area contributed by atoms with Crippen molar-refractivity contribution in [3.63, 3.8) is 0 Å². The van der Waals surface area contributed by atoms with E-state index in [9.17, 15) is 9.59 Å². The van der Waals surface area contributed by atoms with E-state index in [4.69, 9.17) is 14.2 Å². The summed E-state index contributed by atoms with van der Waals surface area (Å²) in [5.41, 5.74) is 0. The summed E-state index contributed by atoms with van der Waals surface area (Å²) < 4.78 is 17.4. The second kappa shape index (κ2) is 56.9. The van der Waals surface area contributed by atoms with Crippen LogP contribution in [0.4, 0.5) is 0 Å². The number of esters is 2. The second-order valence-corrected chi connectivity index (χ2v) is 19.2. The minimum Gasteiger partial charge on any atom is -0.462 e. The first-order valence-corrected chi connectivity index (χ1v) is 28.8. The van der Waals surface area contributed by atoms with E-state index in [2.05, 4.69) is 81.5 Å². The van der Waals surface area contributed by atoms with Crippen LogP contribution in [0.1, 0.15) is 290 Å². The van der Waals surface area contributed by atoms with Gasteiger partial charge in [0.2, 0.25) is 0 Å². The molecule has 0 saturated carbocycles. The Labute approximate surface area is 411 Å². The smallest absolute Gasteiger partial charge is 0.306 e. The highest BCUT2D eigenvalue weighted by atomic mass is 16.6. The Bertz CT molecular complexity index is 1130. The predicted molar refractivity (Wildman–Crippen MR) is 288 cm³/mol. The third-order valence-corrected chi connectivity index (χ3v) is 12.5. The Morgan fingerprint density at radius 2 is 0.652 bits per heavy atom. The van der Waals surface area contributed by atoms with Crippen molar-refractivity contribution in [3.8, 4) is 0 Å². The van der Waals surface area contributed by atoms with Crippen molar-refractivity contribution in [2.45, 2.75) is 297 Å². The fourth-order valence-electron chi connectivity index (χ4n) is 8.14. The zero-order valence-electron chi connectivity index (χ0n) is 44.2. The molecule has 0 fully saturated rings. The van der Waals surface area contributed by atoms with Crippen LogP contribution < -0.4 is 0 Å². The minimum atomic E-state index is -0.547. The number of allylic oxidation sites excluding steroid dienone is 10. The molecule has 0 N–H and O–H groups in total. The molecule has 1 unspecified atom stereocenters. The molecule has 0 aromatic rings. The SMILES string of the molecule is CCCC/C=C\CCCCCCCC(=O)OC(COCCCCCCCCC/C=C\C/C=C\C/C=C\CCCCC)COC(=O)CCCCCCCCCCC/C=C\CCCCCCCC. The van der Waals surface area contributed by atoms with Crippen LogP contribution in [0.5, 0.6) is 0 Å². The van der Waals surface area contributed by atoms with E-state index in [-0.39, 0.29) is 25.2 Å². The van der Waals surface area contributed by atoms with Gasteiger partial charge in [-0.2, -0.15) is 0 Å². The monoisotopic (exact) mass is 923 g/mol. The quantitative estimate of drug-likeness (QED) is 0.0346. The van der Waals surface area contributed by atoms with Crippen molar-refractivity contribution in [1.29, 1.82) is 0 Å². The highest BCUT2D eigenvalue weighted by Gasteiger charge is 2.17.